The first-order chi connectivity index (χ1) is 24.4. The maximum atomic E-state index is 2.85. The number of hydrogen-bond donors (Lipinski definition) is 0. The topological polar surface area (TPSA) is 19.7 Å². The van der Waals surface area contributed by atoms with Crippen LogP contribution in [0.15, 0.2) is 146 Å². The van der Waals surface area contributed by atoms with Crippen LogP contribution >= 0.6 is 0 Å². The number of hydrogen-bond acceptors (Lipinski definition) is 0. The van der Waals surface area contributed by atoms with Crippen molar-refractivity contribution in [3.63, 3.8) is 0 Å². The molecule has 2 aliphatic rings. The van der Waals surface area contributed by atoms with Crippen molar-refractivity contribution in [1.82, 2.24) is 16.9 Å². The summed E-state index contributed by atoms with van der Waals surface area (Å²) in [7, 11) is -3.26. The summed E-state index contributed by atoms with van der Waals surface area (Å²) in [6.07, 6.45) is 0. The van der Waals surface area contributed by atoms with Crippen LogP contribution in [-0.4, -0.2) is 25.7 Å². The molecule has 0 bridgehead atoms. The molecule has 0 aliphatic carbocycles. The molecule has 8 aromatic carbocycles. The van der Waals surface area contributed by atoms with Crippen LogP contribution < -0.4 is 0 Å². The van der Waals surface area contributed by atoms with Gasteiger partial charge in [-0.3, -0.25) is 0 Å². The summed E-state index contributed by atoms with van der Waals surface area (Å²) in [6.45, 7) is 0. The molecule has 5 heteroatoms. The van der Waals surface area contributed by atoms with Crippen molar-refractivity contribution >= 4 is 117 Å². The molecule has 224 valence electrons. The Balaban J connectivity index is 1.42. The maximum absolute atomic E-state index is 3.26. The van der Waals surface area contributed by atoms with E-state index >= 15 is 0 Å². The smallest absolute Gasteiger partial charge is 0.312 e. The lowest BCUT2D eigenvalue weighted by Crippen LogP contribution is -2.59. The minimum absolute atomic E-state index is 1.31. The summed E-state index contributed by atoms with van der Waals surface area (Å²) < 4.78 is 11.4. The van der Waals surface area contributed by atoms with Crippen molar-refractivity contribution in [2.24, 2.45) is 0 Å². The molecule has 0 fully saturated rings. The third-order valence-electron chi connectivity index (χ3n) is 12.1. The fourth-order valence-electron chi connectivity index (χ4n) is 10.6. The number of benzene rings is 8. The molecule has 0 amide bonds. The molecule has 4 aromatic heterocycles. The van der Waals surface area contributed by atoms with E-state index in [-0.39, 0.29) is 0 Å². The SMILES string of the molecule is c1ccc2c(c1)c1c3ccccc3n3c1c1c2c2ccccc2n1[Si]31n2c3ccccc3c3c4ccccc4c4c5ccccc5n1c4c32. The van der Waals surface area contributed by atoms with Gasteiger partial charge in [-0.15, -0.1) is 0 Å². The van der Waals surface area contributed by atoms with Crippen LogP contribution in [0.1, 0.15) is 0 Å². The van der Waals surface area contributed by atoms with E-state index in [9.17, 15) is 0 Å². The molecular formula is C44H24N4Si. The lowest BCUT2D eigenvalue weighted by Gasteiger charge is -2.32. The molecular weight excluding hydrogens is 613 g/mol. The van der Waals surface area contributed by atoms with Crippen molar-refractivity contribution in [3.8, 4) is 0 Å². The molecule has 0 radical (unpaired) electrons. The van der Waals surface area contributed by atoms with Crippen LogP contribution in [0, 0.1) is 0 Å². The molecule has 4 nitrogen and oxygen atoms in total. The van der Waals surface area contributed by atoms with E-state index < -0.39 is 8.72 Å². The van der Waals surface area contributed by atoms with Gasteiger partial charge in [0.25, 0.3) is 0 Å². The summed E-state index contributed by atoms with van der Waals surface area (Å²) >= 11 is 0. The molecule has 0 atom stereocenters. The van der Waals surface area contributed by atoms with E-state index in [1.54, 1.807) is 0 Å². The lowest BCUT2D eigenvalue weighted by atomic mass is 9.99. The fraction of sp³-hybridized carbons (Fsp3) is 0. The monoisotopic (exact) mass is 636 g/mol. The second-order valence-corrected chi connectivity index (χ2v) is 17.0. The Hall–Kier alpha value is -6.30. The van der Waals surface area contributed by atoms with Crippen LogP contribution in [0.5, 0.6) is 0 Å². The molecule has 1 spiro atoms. The summed E-state index contributed by atoms with van der Waals surface area (Å²) in [4.78, 5) is 0. The van der Waals surface area contributed by atoms with Gasteiger partial charge in [-0.25, -0.2) is 0 Å². The minimum atomic E-state index is -3.26. The Morgan fingerprint density at radius 3 is 0.694 bits per heavy atom. The Bertz CT molecular complexity index is 3100. The summed E-state index contributed by atoms with van der Waals surface area (Å²) in [6, 6.07) is 55.0. The third kappa shape index (κ3) is 2.23. The Morgan fingerprint density at radius 1 is 0.245 bits per heavy atom. The number of aromatic nitrogens is 4. The van der Waals surface area contributed by atoms with E-state index in [1.807, 2.05) is 0 Å². The largest absolute Gasteiger partial charge is 0.522 e. The average molecular weight is 637 g/mol. The first-order valence-electron chi connectivity index (χ1n) is 17.1. The Morgan fingerprint density at radius 2 is 0.449 bits per heavy atom. The van der Waals surface area contributed by atoms with E-state index in [0.29, 0.717) is 0 Å². The molecule has 2 aliphatic heterocycles. The highest BCUT2D eigenvalue weighted by Crippen LogP contribution is 2.57. The fourth-order valence-corrected chi connectivity index (χ4v) is 16.0. The van der Waals surface area contributed by atoms with Crippen molar-refractivity contribution in [2.45, 2.75) is 0 Å². The van der Waals surface area contributed by atoms with Gasteiger partial charge in [0.1, 0.15) is 0 Å². The number of nitrogens with zero attached hydrogens (tertiary/aromatic N) is 4. The standard InChI is InChI=1S/C44H24N4Si/c1-2-14-26-25(13-1)37-29-17-5-9-21-33(29)45-41(37)42-38(26)30-18-6-10-22-34(30)46(42)49(45)47-35-23-11-7-19-31(35)39-27-15-3-4-16-28(27)40-32-20-8-12-24-36(32)48(49)44(40)43(39)47/h1-24H. The van der Waals surface area contributed by atoms with Gasteiger partial charge in [0.2, 0.25) is 0 Å². The van der Waals surface area contributed by atoms with Crippen LogP contribution in [0.3, 0.4) is 0 Å². The molecule has 0 N–H and O–H groups in total. The van der Waals surface area contributed by atoms with Crippen LogP contribution in [0.25, 0.3) is 109 Å². The molecule has 49 heavy (non-hydrogen) atoms. The van der Waals surface area contributed by atoms with Gasteiger partial charge in [0, 0.05) is 65.2 Å². The van der Waals surface area contributed by atoms with E-state index in [0.717, 1.165) is 0 Å². The first-order valence-corrected chi connectivity index (χ1v) is 18.9. The Labute approximate surface area is 279 Å². The van der Waals surface area contributed by atoms with Gasteiger partial charge >= 0.3 is 8.72 Å². The van der Waals surface area contributed by atoms with E-state index in [4.69, 9.17) is 0 Å². The van der Waals surface area contributed by atoms with Crippen LogP contribution in [0.4, 0.5) is 0 Å². The predicted octanol–water partition coefficient (Wildman–Crippen LogP) is 11.0. The zero-order valence-corrected chi connectivity index (χ0v) is 27.1. The number of rotatable bonds is 0. The zero-order chi connectivity index (χ0) is 31.3. The highest BCUT2D eigenvalue weighted by atomic mass is 28.4. The van der Waals surface area contributed by atoms with E-state index in [1.165, 1.54) is 109 Å². The quantitative estimate of drug-likeness (QED) is 0.148. The second kappa shape index (κ2) is 7.54. The Kier molecular flexibility index (Phi) is 3.68. The average Bonchev–Trinajstić information content (AvgIpc) is 3.97. The van der Waals surface area contributed by atoms with Gasteiger partial charge in [-0.2, -0.15) is 0 Å². The van der Waals surface area contributed by atoms with Gasteiger partial charge in [0.05, 0.1) is 22.1 Å². The van der Waals surface area contributed by atoms with Crippen molar-refractivity contribution in [1.29, 1.82) is 0 Å². The molecule has 0 saturated carbocycles. The maximum Gasteiger partial charge on any atom is 0.522 e. The number of para-hydroxylation sites is 4. The first kappa shape index (κ1) is 23.9. The van der Waals surface area contributed by atoms with Gasteiger partial charge in [-0.1, -0.05) is 121 Å². The van der Waals surface area contributed by atoms with Gasteiger partial charge in [-0.05, 0) is 45.8 Å². The normalized spacial score (nSPS) is 14.7. The van der Waals surface area contributed by atoms with Crippen molar-refractivity contribution in [2.75, 3.05) is 0 Å². The van der Waals surface area contributed by atoms with Crippen LogP contribution in [0.2, 0.25) is 0 Å². The van der Waals surface area contributed by atoms with Gasteiger partial charge in [0.15, 0.2) is 0 Å². The zero-order valence-electron chi connectivity index (χ0n) is 26.1. The van der Waals surface area contributed by atoms with Gasteiger partial charge < -0.3 is 16.9 Å². The lowest BCUT2D eigenvalue weighted by molar-refractivity contribution is 0.970. The number of fused-ring (bicyclic) bond motifs is 22. The summed E-state index contributed by atoms with van der Waals surface area (Å²) in [5.41, 5.74) is 10.7. The van der Waals surface area contributed by atoms with Crippen molar-refractivity contribution < 1.29 is 0 Å². The molecule has 0 unspecified atom stereocenters. The molecule has 14 rings (SSSR count). The highest BCUT2D eigenvalue weighted by Gasteiger charge is 2.59. The molecule has 0 saturated heterocycles. The van der Waals surface area contributed by atoms with E-state index in [2.05, 4.69) is 163 Å². The minimum Gasteiger partial charge on any atom is -0.312 e. The summed E-state index contributed by atoms with van der Waals surface area (Å²) in [5.74, 6) is 0. The molecule has 6 heterocycles. The second-order valence-electron chi connectivity index (χ2n) is 14.0. The third-order valence-corrected chi connectivity index (χ3v) is 16.3. The summed E-state index contributed by atoms with van der Waals surface area (Å²) in [5, 5.41) is 16.1. The van der Waals surface area contributed by atoms with Crippen molar-refractivity contribution in [3.05, 3.63) is 146 Å². The van der Waals surface area contributed by atoms with Crippen LogP contribution in [-0.2, 0) is 0 Å². The molecule has 12 aromatic rings. The predicted molar refractivity (Wildman–Crippen MR) is 207 cm³/mol. The highest BCUT2D eigenvalue weighted by molar-refractivity contribution is 6.85.